The normalized spacial score (nSPS) is 23.4. The van der Waals surface area contributed by atoms with E-state index in [2.05, 4.69) is 12.2 Å². The first-order chi connectivity index (χ1) is 11.6. The third-order valence-corrected chi connectivity index (χ3v) is 4.90. The molecule has 2 aliphatic rings. The summed E-state index contributed by atoms with van der Waals surface area (Å²) in [6, 6.07) is 7.87. The van der Waals surface area contributed by atoms with E-state index in [1.165, 1.54) is 0 Å². The van der Waals surface area contributed by atoms with Gasteiger partial charge >= 0.3 is 0 Å². The standard InChI is InChI=1S/C19H26N2O3/c1-3-4-11-21-17(22)12-16(19(23)20-14-7-8-14)18(21)13-5-9-15(24-2)10-6-13/h5-6,9-10,14,16,18H,3-4,7-8,11-12H2,1-2H3,(H,20,23)/t16-,18+/m0/s1. The monoisotopic (exact) mass is 330 g/mol. The summed E-state index contributed by atoms with van der Waals surface area (Å²) in [4.78, 5) is 27.1. The Labute approximate surface area is 143 Å². The topological polar surface area (TPSA) is 58.6 Å². The highest BCUT2D eigenvalue weighted by molar-refractivity contribution is 5.90. The molecule has 0 bridgehead atoms. The van der Waals surface area contributed by atoms with E-state index in [0.29, 0.717) is 19.0 Å². The molecule has 2 atom stereocenters. The SMILES string of the molecule is CCCCN1C(=O)C[C@H](C(=O)NC2CC2)[C@H]1c1ccc(OC)cc1. The summed E-state index contributed by atoms with van der Waals surface area (Å²) < 4.78 is 5.22. The van der Waals surface area contributed by atoms with E-state index < -0.39 is 0 Å². The second kappa shape index (κ2) is 7.24. The van der Waals surface area contributed by atoms with Crippen LogP contribution in [0.2, 0.25) is 0 Å². The fraction of sp³-hybridized carbons (Fsp3) is 0.579. The highest BCUT2D eigenvalue weighted by atomic mass is 16.5. The van der Waals surface area contributed by atoms with Gasteiger partial charge < -0.3 is 15.0 Å². The number of amides is 2. The highest BCUT2D eigenvalue weighted by Crippen LogP contribution is 2.39. The van der Waals surface area contributed by atoms with Crippen LogP contribution in [0, 0.1) is 5.92 Å². The largest absolute Gasteiger partial charge is 0.497 e. The van der Waals surface area contributed by atoms with Gasteiger partial charge in [0.05, 0.1) is 19.1 Å². The van der Waals surface area contributed by atoms with Gasteiger partial charge in [-0.1, -0.05) is 25.5 Å². The second-order valence-electron chi connectivity index (χ2n) is 6.75. The molecule has 2 fully saturated rings. The van der Waals surface area contributed by atoms with Gasteiger partial charge in [-0.25, -0.2) is 0 Å². The van der Waals surface area contributed by atoms with Crippen molar-refractivity contribution in [3.8, 4) is 5.75 Å². The number of benzene rings is 1. The van der Waals surface area contributed by atoms with Crippen LogP contribution in [0.15, 0.2) is 24.3 Å². The number of ether oxygens (including phenoxy) is 1. The Bertz CT molecular complexity index is 595. The van der Waals surface area contributed by atoms with Gasteiger partial charge in [0.1, 0.15) is 5.75 Å². The molecule has 0 unspecified atom stereocenters. The summed E-state index contributed by atoms with van der Waals surface area (Å²) in [7, 11) is 1.63. The first-order valence-corrected chi connectivity index (χ1v) is 8.87. The molecule has 5 heteroatoms. The Balaban J connectivity index is 1.85. The number of methoxy groups -OCH3 is 1. The molecule has 1 aromatic rings. The third-order valence-electron chi connectivity index (χ3n) is 4.90. The third kappa shape index (κ3) is 3.55. The van der Waals surface area contributed by atoms with E-state index in [0.717, 1.165) is 37.0 Å². The zero-order valence-electron chi connectivity index (χ0n) is 14.5. The first kappa shape index (κ1) is 16.8. The van der Waals surface area contributed by atoms with Crippen LogP contribution in [0.1, 0.15) is 50.6 Å². The van der Waals surface area contributed by atoms with Gasteiger partial charge in [0, 0.05) is 19.0 Å². The van der Waals surface area contributed by atoms with Crippen LogP contribution in [-0.2, 0) is 9.59 Å². The summed E-state index contributed by atoms with van der Waals surface area (Å²) in [5.41, 5.74) is 1.01. The Morgan fingerprint density at radius 1 is 1.29 bits per heavy atom. The number of likely N-dealkylation sites (tertiary alicyclic amines) is 1. The maximum atomic E-state index is 12.7. The maximum Gasteiger partial charge on any atom is 0.226 e. The average Bonchev–Trinajstić information content (AvgIpc) is 3.34. The Morgan fingerprint density at radius 2 is 2.00 bits per heavy atom. The molecule has 1 aromatic carbocycles. The molecule has 1 heterocycles. The molecule has 1 saturated heterocycles. The number of nitrogens with one attached hydrogen (secondary N) is 1. The van der Waals surface area contributed by atoms with Crippen molar-refractivity contribution < 1.29 is 14.3 Å². The average molecular weight is 330 g/mol. The predicted octanol–water partition coefficient (Wildman–Crippen LogP) is 2.66. The van der Waals surface area contributed by atoms with Crippen molar-refractivity contribution in [2.45, 2.75) is 51.1 Å². The lowest BCUT2D eigenvalue weighted by molar-refractivity contribution is -0.129. The van der Waals surface area contributed by atoms with Gasteiger partial charge in [-0.05, 0) is 37.0 Å². The summed E-state index contributed by atoms with van der Waals surface area (Å²) >= 11 is 0. The van der Waals surface area contributed by atoms with Gasteiger partial charge in [-0.3, -0.25) is 9.59 Å². The van der Waals surface area contributed by atoms with Crippen LogP contribution < -0.4 is 10.1 Å². The van der Waals surface area contributed by atoms with E-state index in [4.69, 9.17) is 4.74 Å². The molecular weight excluding hydrogens is 304 g/mol. The molecule has 3 rings (SSSR count). The summed E-state index contributed by atoms with van der Waals surface area (Å²) in [5, 5.41) is 3.07. The van der Waals surface area contributed by atoms with Crippen molar-refractivity contribution in [2.75, 3.05) is 13.7 Å². The zero-order valence-corrected chi connectivity index (χ0v) is 14.5. The van der Waals surface area contributed by atoms with Crippen LogP contribution >= 0.6 is 0 Å². The van der Waals surface area contributed by atoms with Crippen molar-refractivity contribution in [1.82, 2.24) is 10.2 Å². The van der Waals surface area contributed by atoms with Gasteiger partial charge in [0.15, 0.2) is 0 Å². The number of hydrogen-bond donors (Lipinski definition) is 1. The second-order valence-corrected chi connectivity index (χ2v) is 6.75. The van der Waals surface area contributed by atoms with E-state index in [-0.39, 0.29) is 23.8 Å². The molecule has 1 N–H and O–H groups in total. The fourth-order valence-corrected chi connectivity index (χ4v) is 3.37. The minimum Gasteiger partial charge on any atom is -0.497 e. The lowest BCUT2D eigenvalue weighted by atomic mass is 9.92. The van der Waals surface area contributed by atoms with Gasteiger partial charge in [-0.2, -0.15) is 0 Å². The summed E-state index contributed by atoms with van der Waals surface area (Å²) in [6.07, 6.45) is 4.39. The first-order valence-electron chi connectivity index (χ1n) is 8.87. The number of carbonyl (C=O) groups excluding carboxylic acids is 2. The van der Waals surface area contributed by atoms with Crippen LogP contribution in [0.4, 0.5) is 0 Å². The van der Waals surface area contributed by atoms with E-state index in [1.807, 2.05) is 29.2 Å². The Kier molecular flexibility index (Phi) is 5.07. The lowest BCUT2D eigenvalue weighted by Crippen LogP contribution is -2.36. The minimum absolute atomic E-state index is 0.0191. The van der Waals surface area contributed by atoms with Gasteiger partial charge in [0.25, 0.3) is 0 Å². The molecule has 5 nitrogen and oxygen atoms in total. The highest BCUT2D eigenvalue weighted by Gasteiger charge is 2.45. The molecule has 2 amide bonds. The smallest absolute Gasteiger partial charge is 0.226 e. The summed E-state index contributed by atoms with van der Waals surface area (Å²) in [5.74, 6) is 0.580. The Hall–Kier alpha value is -2.04. The molecule has 1 aliphatic carbocycles. The Morgan fingerprint density at radius 3 is 2.58 bits per heavy atom. The number of unbranched alkanes of at least 4 members (excludes halogenated alkanes) is 1. The van der Waals surface area contributed by atoms with E-state index in [9.17, 15) is 9.59 Å². The summed E-state index contributed by atoms with van der Waals surface area (Å²) in [6.45, 7) is 2.82. The zero-order chi connectivity index (χ0) is 17.1. The van der Waals surface area contributed by atoms with Crippen LogP contribution in [0.5, 0.6) is 5.75 Å². The molecule has 0 spiro atoms. The molecular formula is C19H26N2O3. The molecule has 130 valence electrons. The van der Waals surface area contributed by atoms with Crippen molar-refractivity contribution in [3.63, 3.8) is 0 Å². The van der Waals surface area contributed by atoms with Gasteiger partial charge in [-0.15, -0.1) is 0 Å². The van der Waals surface area contributed by atoms with Crippen LogP contribution in [0.3, 0.4) is 0 Å². The number of hydrogen-bond acceptors (Lipinski definition) is 3. The van der Waals surface area contributed by atoms with Crippen LogP contribution in [0.25, 0.3) is 0 Å². The maximum absolute atomic E-state index is 12.7. The molecule has 0 radical (unpaired) electrons. The predicted molar refractivity (Wildman–Crippen MR) is 91.6 cm³/mol. The van der Waals surface area contributed by atoms with Crippen LogP contribution in [-0.4, -0.2) is 36.4 Å². The van der Waals surface area contributed by atoms with Crippen molar-refractivity contribution in [3.05, 3.63) is 29.8 Å². The molecule has 1 aliphatic heterocycles. The molecule has 1 saturated carbocycles. The minimum atomic E-state index is -0.302. The number of rotatable bonds is 7. The number of carbonyl (C=O) groups is 2. The van der Waals surface area contributed by atoms with E-state index >= 15 is 0 Å². The molecule has 24 heavy (non-hydrogen) atoms. The van der Waals surface area contributed by atoms with Gasteiger partial charge in [0.2, 0.25) is 11.8 Å². The van der Waals surface area contributed by atoms with Crippen molar-refractivity contribution >= 4 is 11.8 Å². The lowest BCUT2D eigenvalue weighted by Gasteiger charge is -2.28. The molecule has 0 aromatic heterocycles. The van der Waals surface area contributed by atoms with Crippen molar-refractivity contribution in [2.24, 2.45) is 5.92 Å². The fourth-order valence-electron chi connectivity index (χ4n) is 3.37. The quantitative estimate of drug-likeness (QED) is 0.836. The van der Waals surface area contributed by atoms with Crippen molar-refractivity contribution in [1.29, 1.82) is 0 Å². The van der Waals surface area contributed by atoms with E-state index in [1.54, 1.807) is 7.11 Å². The number of nitrogens with zero attached hydrogens (tertiary/aromatic N) is 1.